The molecule has 2 aromatic rings. The zero-order valence-corrected chi connectivity index (χ0v) is 9.17. The van der Waals surface area contributed by atoms with Gasteiger partial charge in [-0.1, -0.05) is 17.7 Å². The van der Waals surface area contributed by atoms with Crippen molar-refractivity contribution in [3.05, 3.63) is 49.7 Å². The number of ether oxygens (including phenoxy) is 1. The molecule has 0 spiro atoms. The summed E-state index contributed by atoms with van der Waals surface area (Å²) in [5.41, 5.74) is -0.364. The minimum Gasteiger partial charge on any atom is -0.491 e. The first-order valence-corrected chi connectivity index (χ1v) is 4.91. The molecule has 0 heterocycles. The van der Waals surface area contributed by atoms with Gasteiger partial charge in [-0.05, 0) is 18.2 Å². The third-order valence-electron chi connectivity index (χ3n) is 2.16. The normalized spacial score (nSPS) is 10.4. The molecule has 0 saturated heterocycles. The Labute approximate surface area is 96.1 Å². The van der Waals surface area contributed by atoms with E-state index in [4.69, 9.17) is 16.3 Å². The highest BCUT2D eigenvalue weighted by atomic mass is 35.5. The zero-order chi connectivity index (χ0) is 11.7. The monoisotopic (exact) mass is 237 g/mol. The van der Waals surface area contributed by atoms with Crippen molar-refractivity contribution in [3.63, 3.8) is 0 Å². The fourth-order valence-electron chi connectivity index (χ4n) is 1.39. The summed E-state index contributed by atoms with van der Waals surface area (Å²) in [6, 6.07) is 6.84. The van der Waals surface area contributed by atoms with Gasteiger partial charge in [0.15, 0.2) is 5.75 Å². The van der Waals surface area contributed by atoms with E-state index in [2.05, 4.69) is 5.32 Å². The number of methoxy groups -OCH3 is 1. The van der Waals surface area contributed by atoms with Gasteiger partial charge < -0.3 is 10.1 Å². The van der Waals surface area contributed by atoms with Crippen molar-refractivity contribution >= 4 is 23.0 Å². The van der Waals surface area contributed by atoms with Crippen molar-refractivity contribution in [1.82, 2.24) is 0 Å². The fraction of sp³-hybridized carbons (Fsp3) is 0.0909. The number of rotatable bonds is 3. The van der Waals surface area contributed by atoms with Crippen LogP contribution in [0.25, 0.3) is 0 Å². The van der Waals surface area contributed by atoms with Crippen LogP contribution in [0.4, 0.5) is 11.4 Å². The van der Waals surface area contributed by atoms with Gasteiger partial charge in [-0.3, -0.25) is 9.59 Å². The van der Waals surface area contributed by atoms with Gasteiger partial charge in [-0.2, -0.15) is 0 Å². The van der Waals surface area contributed by atoms with Crippen LogP contribution < -0.4 is 20.9 Å². The van der Waals surface area contributed by atoms with Crippen LogP contribution in [-0.4, -0.2) is 7.11 Å². The third-order valence-corrected chi connectivity index (χ3v) is 2.40. The van der Waals surface area contributed by atoms with Gasteiger partial charge in [0.1, 0.15) is 5.69 Å². The van der Waals surface area contributed by atoms with Crippen LogP contribution in [-0.2, 0) is 0 Å². The lowest BCUT2D eigenvalue weighted by molar-refractivity contribution is 0.408. The molecule has 0 amide bonds. The van der Waals surface area contributed by atoms with Crippen molar-refractivity contribution in [3.8, 4) is 5.75 Å². The number of hydrogen-bond acceptors (Lipinski definition) is 4. The molecule has 0 atom stereocenters. The molecule has 0 fully saturated rings. The molecule has 0 unspecified atom stereocenters. The lowest BCUT2D eigenvalue weighted by Gasteiger charge is -2.11. The average molecular weight is 238 g/mol. The maximum absolute atomic E-state index is 11.2. The van der Waals surface area contributed by atoms with Gasteiger partial charge in [0.2, 0.25) is 0 Å². The molecule has 82 valence electrons. The minimum absolute atomic E-state index is 0.0602. The molecule has 0 aliphatic rings. The van der Waals surface area contributed by atoms with Crippen LogP contribution in [0.3, 0.4) is 0 Å². The number of anilines is 2. The molecule has 0 bridgehead atoms. The van der Waals surface area contributed by atoms with Crippen LogP contribution >= 0.6 is 11.6 Å². The molecular formula is C11H8ClNO3. The summed E-state index contributed by atoms with van der Waals surface area (Å²) in [5, 5.41) is 3.34. The van der Waals surface area contributed by atoms with Gasteiger partial charge in [-0.15, -0.1) is 0 Å². The standard InChI is InChI=1S/C11H8ClNO3/c1-16-11-8(9(14)10(11)15)13-7-4-2-3-6(12)5-7/h2-5,13H,1H3. The van der Waals surface area contributed by atoms with Crippen LogP contribution in [0.2, 0.25) is 5.02 Å². The fourth-order valence-corrected chi connectivity index (χ4v) is 1.58. The topological polar surface area (TPSA) is 55.4 Å². The van der Waals surface area contributed by atoms with Gasteiger partial charge in [-0.25, -0.2) is 0 Å². The van der Waals surface area contributed by atoms with E-state index in [0.29, 0.717) is 10.7 Å². The van der Waals surface area contributed by atoms with Crippen molar-refractivity contribution < 1.29 is 4.74 Å². The van der Waals surface area contributed by atoms with Crippen LogP contribution in [0, 0.1) is 0 Å². The largest absolute Gasteiger partial charge is 0.491 e. The maximum Gasteiger partial charge on any atom is 0.272 e. The Hall–Kier alpha value is -1.81. The summed E-state index contributed by atoms with van der Waals surface area (Å²) in [4.78, 5) is 22.3. The first-order chi connectivity index (χ1) is 7.63. The van der Waals surface area contributed by atoms with Crippen molar-refractivity contribution in [2.75, 3.05) is 12.4 Å². The maximum atomic E-state index is 11.2. The third kappa shape index (κ3) is 1.67. The van der Waals surface area contributed by atoms with E-state index in [1.54, 1.807) is 24.3 Å². The summed E-state index contributed by atoms with van der Waals surface area (Å²) in [6.07, 6.45) is 0. The second-order valence-electron chi connectivity index (χ2n) is 3.20. The highest BCUT2D eigenvalue weighted by Crippen LogP contribution is 2.23. The Bertz CT molecular complexity index is 599. The number of hydrogen-bond donors (Lipinski definition) is 1. The van der Waals surface area contributed by atoms with Gasteiger partial charge in [0, 0.05) is 10.7 Å². The van der Waals surface area contributed by atoms with E-state index in [0.717, 1.165) is 0 Å². The lowest BCUT2D eigenvalue weighted by Crippen LogP contribution is -2.34. The quantitative estimate of drug-likeness (QED) is 0.826. The highest BCUT2D eigenvalue weighted by Gasteiger charge is 2.21. The summed E-state index contributed by atoms with van der Waals surface area (Å²) >= 11 is 5.79. The zero-order valence-electron chi connectivity index (χ0n) is 8.41. The summed E-state index contributed by atoms with van der Waals surface area (Å²) < 4.78 is 4.80. The Balaban J connectivity index is 2.32. The molecule has 5 heteroatoms. The van der Waals surface area contributed by atoms with Crippen molar-refractivity contribution in [1.29, 1.82) is 0 Å². The van der Waals surface area contributed by atoms with Crippen molar-refractivity contribution in [2.45, 2.75) is 0 Å². The van der Waals surface area contributed by atoms with Gasteiger partial charge in [0.05, 0.1) is 7.11 Å². The predicted octanol–water partition coefficient (Wildman–Crippen LogP) is 1.69. The van der Waals surface area contributed by atoms with Crippen LogP contribution in [0.5, 0.6) is 5.75 Å². The van der Waals surface area contributed by atoms with E-state index >= 15 is 0 Å². The van der Waals surface area contributed by atoms with Crippen molar-refractivity contribution in [2.24, 2.45) is 0 Å². The van der Waals surface area contributed by atoms with E-state index in [9.17, 15) is 9.59 Å². The van der Waals surface area contributed by atoms with Gasteiger partial charge in [0.25, 0.3) is 10.9 Å². The molecule has 0 aliphatic heterocycles. The second-order valence-corrected chi connectivity index (χ2v) is 3.64. The predicted molar refractivity (Wildman–Crippen MR) is 62.6 cm³/mol. The molecule has 2 aromatic carbocycles. The number of benzene rings is 1. The minimum atomic E-state index is -0.605. The number of halogens is 1. The highest BCUT2D eigenvalue weighted by molar-refractivity contribution is 6.30. The van der Waals surface area contributed by atoms with Crippen LogP contribution in [0.15, 0.2) is 33.9 Å². The van der Waals surface area contributed by atoms with E-state index in [-0.39, 0.29) is 11.4 Å². The Kier molecular flexibility index (Phi) is 2.66. The molecule has 0 saturated carbocycles. The Morgan fingerprint density at radius 1 is 1.25 bits per heavy atom. The first kappa shape index (κ1) is 10.7. The van der Waals surface area contributed by atoms with E-state index < -0.39 is 10.9 Å². The van der Waals surface area contributed by atoms with E-state index in [1.807, 2.05) is 0 Å². The molecule has 2 rings (SSSR count). The van der Waals surface area contributed by atoms with E-state index in [1.165, 1.54) is 7.11 Å². The summed E-state index contributed by atoms with van der Waals surface area (Å²) in [5.74, 6) is 0.0602. The molecule has 0 aromatic heterocycles. The molecule has 0 aliphatic carbocycles. The summed E-state index contributed by atoms with van der Waals surface area (Å²) in [7, 11) is 1.35. The average Bonchev–Trinajstić information content (AvgIpc) is 2.28. The first-order valence-electron chi connectivity index (χ1n) is 4.53. The summed E-state index contributed by atoms with van der Waals surface area (Å²) in [6.45, 7) is 0. The smallest absolute Gasteiger partial charge is 0.272 e. The molecular weight excluding hydrogens is 230 g/mol. The Morgan fingerprint density at radius 2 is 2.00 bits per heavy atom. The second kappa shape index (κ2) is 3.98. The van der Waals surface area contributed by atoms with Crippen LogP contribution in [0.1, 0.15) is 0 Å². The van der Waals surface area contributed by atoms with Gasteiger partial charge >= 0.3 is 0 Å². The molecule has 0 radical (unpaired) electrons. The molecule has 1 N–H and O–H groups in total. The molecule has 16 heavy (non-hydrogen) atoms. The molecule has 4 nitrogen and oxygen atoms in total. The lowest BCUT2D eigenvalue weighted by atomic mass is 10.2. The number of nitrogens with one attached hydrogen (secondary N) is 1. The SMILES string of the molecule is COc1c(Nc2cccc(Cl)c2)c(=O)c1=O. The Morgan fingerprint density at radius 3 is 2.62 bits per heavy atom.